The van der Waals surface area contributed by atoms with Crippen LogP contribution in [0.25, 0.3) is 0 Å². The number of anilines is 2. The number of nitrogens with one attached hydrogen (secondary N) is 2. The molecule has 1 fully saturated rings. The second-order valence-electron chi connectivity index (χ2n) is 7.25. The fourth-order valence-electron chi connectivity index (χ4n) is 2.50. The highest BCUT2D eigenvalue weighted by Crippen LogP contribution is 2.28. The normalized spacial score (nSPS) is 16.4. The van der Waals surface area contributed by atoms with Crippen LogP contribution in [0.3, 0.4) is 0 Å². The molecule has 2 rings (SSSR count). The number of cyclic esters (lactones) is 1. The van der Waals surface area contributed by atoms with E-state index in [0.29, 0.717) is 17.3 Å². The molecule has 28 heavy (non-hydrogen) atoms. The number of carbonyl (C=O) groups is 2. The first-order valence-corrected chi connectivity index (χ1v) is 9.12. The van der Waals surface area contributed by atoms with Crippen molar-refractivity contribution in [1.29, 1.82) is 0 Å². The molecule has 0 unspecified atom stereocenters. The summed E-state index contributed by atoms with van der Waals surface area (Å²) in [6, 6.07) is 4.16. The predicted octanol–water partition coefficient (Wildman–Crippen LogP) is 2.62. The minimum atomic E-state index is -0.695. The zero-order valence-electron chi connectivity index (χ0n) is 16.5. The molecule has 8 nitrogen and oxygen atoms in total. The maximum Gasteiger partial charge on any atom is 0.414 e. The van der Waals surface area contributed by atoms with Gasteiger partial charge >= 0.3 is 12.2 Å². The number of nitrogens with zero attached hydrogens (tertiary/aromatic N) is 2. The summed E-state index contributed by atoms with van der Waals surface area (Å²) < 4.78 is 25.1. The van der Waals surface area contributed by atoms with Crippen molar-refractivity contribution >= 4 is 40.9 Å². The van der Waals surface area contributed by atoms with Crippen LogP contribution in [-0.4, -0.2) is 56.2 Å². The lowest BCUT2D eigenvalue weighted by molar-refractivity contribution is 0.0588. The highest BCUT2D eigenvalue weighted by atomic mass is 32.1. The molecule has 1 heterocycles. The largest absolute Gasteiger partial charge is 0.443 e. The highest BCUT2D eigenvalue weighted by molar-refractivity contribution is 7.80. The van der Waals surface area contributed by atoms with Gasteiger partial charge in [0.1, 0.15) is 17.5 Å². The number of hydrogen-bond donors (Lipinski definition) is 2. The summed E-state index contributed by atoms with van der Waals surface area (Å²) in [5, 5.41) is 6.12. The van der Waals surface area contributed by atoms with Gasteiger partial charge in [-0.2, -0.15) is 0 Å². The number of halogens is 1. The van der Waals surface area contributed by atoms with Gasteiger partial charge in [0.15, 0.2) is 5.11 Å². The van der Waals surface area contributed by atoms with Crippen LogP contribution in [-0.2, 0) is 9.47 Å². The summed E-state index contributed by atoms with van der Waals surface area (Å²) in [6.45, 7) is 5.77. The molecule has 0 radical (unpaired) electrons. The Morgan fingerprint density at radius 1 is 1.46 bits per heavy atom. The van der Waals surface area contributed by atoms with Crippen molar-refractivity contribution in [2.24, 2.45) is 0 Å². The number of amides is 2. The number of hydrogen-bond acceptors (Lipinski definition) is 5. The van der Waals surface area contributed by atoms with Gasteiger partial charge in [0.05, 0.1) is 24.5 Å². The number of carbonyl (C=O) groups excluding carboxylic acids is 2. The van der Waals surface area contributed by atoms with Crippen LogP contribution in [0, 0.1) is 5.82 Å². The molecule has 2 amide bonds. The van der Waals surface area contributed by atoms with Crippen LogP contribution in [0.15, 0.2) is 18.2 Å². The van der Waals surface area contributed by atoms with Crippen LogP contribution in [0.5, 0.6) is 0 Å². The van der Waals surface area contributed by atoms with Gasteiger partial charge in [-0.25, -0.2) is 14.0 Å². The van der Waals surface area contributed by atoms with Crippen LogP contribution in [0.2, 0.25) is 0 Å². The molecular weight excluding hydrogens is 387 g/mol. The van der Waals surface area contributed by atoms with E-state index in [1.165, 1.54) is 24.1 Å². The number of rotatable bonds is 4. The summed E-state index contributed by atoms with van der Waals surface area (Å²) >= 11 is 4.98. The second kappa shape index (κ2) is 8.59. The molecular formula is C18H25FN4O4S. The fourth-order valence-corrected chi connectivity index (χ4v) is 2.58. The van der Waals surface area contributed by atoms with E-state index in [0.717, 1.165) is 4.90 Å². The molecule has 1 aliphatic heterocycles. The first-order valence-electron chi connectivity index (χ1n) is 8.72. The lowest BCUT2D eigenvalue weighted by atomic mass is 10.2. The van der Waals surface area contributed by atoms with Crippen molar-refractivity contribution in [3.63, 3.8) is 0 Å². The van der Waals surface area contributed by atoms with Crippen molar-refractivity contribution in [1.82, 2.24) is 10.6 Å². The third-order valence-electron chi connectivity index (χ3n) is 3.86. The molecule has 1 atom stereocenters. The zero-order chi connectivity index (χ0) is 21.1. The summed E-state index contributed by atoms with van der Waals surface area (Å²) in [4.78, 5) is 26.7. The molecule has 154 valence electrons. The van der Waals surface area contributed by atoms with Crippen LogP contribution < -0.4 is 20.4 Å². The van der Waals surface area contributed by atoms with Crippen molar-refractivity contribution in [2.75, 3.05) is 37.0 Å². The van der Waals surface area contributed by atoms with Gasteiger partial charge in [-0.3, -0.25) is 9.80 Å². The Balaban J connectivity index is 2.08. The van der Waals surface area contributed by atoms with E-state index in [1.807, 2.05) is 0 Å². The Labute approximate surface area is 168 Å². The smallest absolute Gasteiger partial charge is 0.414 e. The molecule has 2 N–H and O–H groups in total. The Morgan fingerprint density at radius 2 is 2.14 bits per heavy atom. The monoisotopic (exact) mass is 412 g/mol. The number of ether oxygens (including phenoxy) is 2. The molecule has 0 saturated carbocycles. The fraction of sp³-hybridized carbons (Fsp3) is 0.500. The van der Waals surface area contributed by atoms with Gasteiger partial charge in [0.2, 0.25) is 0 Å². The minimum Gasteiger partial charge on any atom is -0.443 e. The second-order valence-corrected chi connectivity index (χ2v) is 7.66. The van der Waals surface area contributed by atoms with Crippen molar-refractivity contribution < 1.29 is 23.5 Å². The minimum absolute atomic E-state index is 0.0446. The zero-order valence-corrected chi connectivity index (χ0v) is 17.4. The molecule has 0 bridgehead atoms. The first kappa shape index (κ1) is 21.7. The average molecular weight is 412 g/mol. The molecule has 1 aromatic rings. The molecule has 1 aromatic carbocycles. The van der Waals surface area contributed by atoms with E-state index in [-0.39, 0.29) is 12.2 Å². The van der Waals surface area contributed by atoms with Gasteiger partial charge in [-0.1, -0.05) is 0 Å². The van der Waals surface area contributed by atoms with Crippen molar-refractivity contribution in [3.05, 3.63) is 24.0 Å². The Morgan fingerprint density at radius 3 is 2.71 bits per heavy atom. The average Bonchev–Trinajstić information content (AvgIpc) is 2.98. The third-order valence-corrected chi connectivity index (χ3v) is 4.21. The first-order chi connectivity index (χ1) is 13.0. The van der Waals surface area contributed by atoms with E-state index in [9.17, 15) is 14.0 Å². The van der Waals surface area contributed by atoms with Crippen LogP contribution in [0.4, 0.5) is 25.4 Å². The molecule has 1 aliphatic rings. The van der Waals surface area contributed by atoms with E-state index >= 15 is 0 Å². The molecule has 0 aromatic heterocycles. The number of benzene rings is 1. The lowest BCUT2D eigenvalue weighted by Gasteiger charge is -2.25. The third kappa shape index (κ3) is 5.44. The van der Waals surface area contributed by atoms with E-state index in [1.54, 1.807) is 33.9 Å². The summed E-state index contributed by atoms with van der Waals surface area (Å²) in [7, 11) is 3.10. The lowest BCUT2D eigenvalue weighted by Crippen LogP contribution is -2.39. The van der Waals surface area contributed by atoms with Gasteiger partial charge in [-0.15, -0.1) is 0 Å². The van der Waals surface area contributed by atoms with Gasteiger partial charge in [0.25, 0.3) is 0 Å². The SMILES string of the molecule is CNC(=S)NC[C@H]1CN(c2ccc(N(C)C(=O)OC(C)(C)C)c(F)c2)C(=O)O1. The topological polar surface area (TPSA) is 83.1 Å². The van der Waals surface area contributed by atoms with Crippen molar-refractivity contribution in [2.45, 2.75) is 32.5 Å². The van der Waals surface area contributed by atoms with E-state index < -0.39 is 29.7 Å². The Bertz CT molecular complexity index is 768. The Kier molecular flexibility index (Phi) is 6.65. The van der Waals surface area contributed by atoms with Gasteiger partial charge in [0, 0.05) is 14.1 Å². The molecule has 0 spiro atoms. The van der Waals surface area contributed by atoms with E-state index in [4.69, 9.17) is 21.7 Å². The molecule has 1 saturated heterocycles. The maximum absolute atomic E-state index is 14.6. The van der Waals surface area contributed by atoms with Crippen molar-refractivity contribution in [3.8, 4) is 0 Å². The molecule has 0 aliphatic carbocycles. The maximum atomic E-state index is 14.6. The molecule has 10 heteroatoms. The van der Waals surface area contributed by atoms with Gasteiger partial charge in [-0.05, 0) is 51.2 Å². The number of thiocarbonyl (C=S) groups is 1. The van der Waals surface area contributed by atoms with E-state index in [2.05, 4.69) is 10.6 Å². The predicted molar refractivity (Wildman–Crippen MR) is 108 cm³/mol. The standard InChI is InChI=1S/C18H25FN4O4S/c1-18(2,3)27-16(24)22(5)14-7-6-11(8-13(14)19)23-10-12(26-17(23)25)9-21-15(28)20-4/h6-8,12H,9-10H2,1-5H3,(H2,20,21,28)/t12-/m0/s1. The quantitative estimate of drug-likeness (QED) is 0.736. The Hall–Kier alpha value is -2.62. The van der Waals surface area contributed by atoms with Gasteiger partial charge < -0.3 is 20.1 Å². The summed E-state index contributed by atoms with van der Waals surface area (Å²) in [6.07, 6.45) is -1.67. The highest BCUT2D eigenvalue weighted by Gasteiger charge is 2.33. The summed E-state index contributed by atoms with van der Waals surface area (Å²) in [5.41, 5.74) is -0.314. The summed E-state index contributed by atoms with van der Waals surface area (Å²) in [5.74, 6) is -0.656. The van der Waals surface area contributed by atoms with Crippen LogP contribution >= 0.6 is 12.2 Å². The van der Waals surface area contributed by atoms with Crippen LogP contribution in [0.1, 0.15) is 20.8 Å².